The molecule has 2 rings (SSSR count). The second-order valence-corrected chi connectivity index (χ2v) is 5.33. The van der Waals surface area contributed by atoms with E-state index in [9.17, 15) is 4.79 Å². The van der Waals surface area contributed by atoms with E-state index in [1.54, 1.807) is 6.07 Å². The van der Waals surface area contributed by atoms with E-state index in [1.807, 2.05) is 26.0 Å². The van der Waals surface area contributed by atoms with Crippen LogP contribution in [0.5, 0.6) is 0 Å². The van der Waals surface area contributed by atoms with Crippen LogP contribution in [0.3, 0.4) is 0 Å². The molecular weight excluding hydrogens is 236 g/mol. The number of hydrogen-bond donors (Lipinski definition) is 2. The van der Waals surface area contributed by atoms with Gasteiger partial charge in [-0.3, -0.25) is 4.79 Å². The van der Waals surface area contributed by atoms with E-state index < -0.39 is 0 Å². The number of rotatable bonds is 2. The van der Waals surface area contributed by atoms with E-state index in [0.717, 1.165) is 25.1 Å². The highest BCUT2D eigenvalue weighted by Gasteiger charge is 2.30. The summed E-state index contributed by atoms with van der Waals surface area (Å²) in [5, 5.41) is 6.80. The van der Waals surface area contributed by atoms with Crippen molar-refractivity contribution in [3.05, 3.63) is 34.3 Å². The minimum atomic E-state index is -0.161. The van der Waals surface area contributed by atoms with Gasteiger partial charge in [0.15, 0.2) is 0 Å². The molecule has 1 amide bonds. The Morgan fingerprint density at radius 3 is 2.88 bits per heavy atom. The minimum absolute atomic E-state index is 0.0961. The predicted molar refractivity (Wildman–Crippen MR) is 69.5 cm³/mol. The average Bonchev–Trinajstić information content (AvgIpc) is 2.64. The molecule has 0 aliphatic carbocycles. The largest absolute Gasteiger partial charge is 0.346 e. The van der Waals surface area contributed by atoms with Crippen LogP contribution in [-0.2, 0) is 0 Å². The van der Waals surface area contributed by atoms with Crippen molar-refractivity contribution in [2.75, 3.05) is 13.1 Å². The summed E-state index contributed by atoms with van der Waals surface area (Å²) in [6, 6.07) is 5.49. The number of nitrogens with one attached hydrogen (secondary N) is 2. The Morgan fingerprint density at radius 1 is 1.53 bits per heavy atom. The van der Waals surface area contributed by atoms with Gasteiger partial charge in [-0.15, -0.1) is 0 Å². The maximum absolute atomic E-state index is 12.1. The van der Waals surface area contributed by atoms with Crippen LogP contribution in [0.1, 0.15) is 29.3 Å². The fourth-order valence-corrected chi connectivity index (χ4v) is 2.39. The standard InChI is InChI=1S/C13H17ClN2O/c1-9-3-4-10(11(14)7-9)12(17)16-13(2)5-6-15-8-13/h3-4,7,15H,5-6,8H2,1-2H3,(H,16,17). The van der Waals surface area contributed by atoms with Crippen molar-refractivity contribution in [2.24, 2.45) is 0 Å². The van der Waals surface area contributed by atoms with Crippen molar-refractivity contribution >= 4 is 17.5 Å². The zero-order chi connectivity index (χ0) is 12.5. The van der Waals surface area contributed by atoms with Crippen molar-refractivity contribution in [2.45, 2.75) is 25.8 Å². The minimum Gasteiger partial charge on any atom is -0.346 e. The Labute approximate surface area is 107 Å². The maximum Gasteiger partial charge on any atom is 0.253 e. The lowest BCUT2D eigenvalue weighted by molar-refractivity contribution is 0.0913. The molecule has 92 valence electrons. The fraction of sp³-hybridized carbons (Fsp3) is 0.462. The molecule has 1 aromatic carbocycles. The molecule has 4 heteroatoms. The van der Waals surface area contributed by atoms with Crippen molar-refractivity contribution in [1.82, 2.24) is 10.6 Å². The van der Waals surface area contributed by atoms with E-state index in [2.05, 4.69) is 10.6 Å². The Bertz CT molecular complexity index is 439. The van der Waals surface area contributed by atoms with Gasteiger partial charge in [-0.25, -0.2) is 0 Å². The molecule has 1 atom stereocenters. The number of aryl methyl sites for hydroxylation is 1. The molecule has 0 aromatic heterocycles. The molecule has 1 fully saturated rings. The fourth-order valence-electron chi connectivity index (χ4n) is 2.07. The zero-order valence-electron chi connectivity index (χ0n) is 10.1. The highest BCUT2D eigenvalue weighted by molar-refractivity contribution is 6.33. The molecule has 17 heavy (non-hydrogen) atoms. The third-order valence-corrected chi connectivity index (χ3v) is 3.47. The van der Waals surface area contributed by atoms with Gasteiger partial charge in [-0.2, -0.15) is 0 Å². The lowest BCUT2D eigenvalue weighted by Crippen LogP contribution is -2.47. The molecule has 1 aliphatic rings. The molecule has 0 radical (unpaired) electrons. The number of carbonyl (C=O) groups is 1. The first-order chi connectivity index (χ1) is 8.00. The summed E-state index contributed by atoms with van der Waals surface area (Å²) >= 11 is 6.08. The van der Waals surface area contributed by atoms with E-state index in [0.29, 0.717) is 10.6 Å². The molecule has 2 N–H and O–H groups in total. The number of carbonyl (C=O) groups excluding carboxylic acids is 1. The van der Waals surface area contributed by atoms with Crippen LogP contribution in [0.2, 0.25) is 5.02 Å². The molecule has 1 saturated heterocycles. The lowest BCUT2D eigenvalue weighted by Gasteiger charge is -2.24. The third-order valence-electron chi connectivity index (χ3n) is 3.15. The van der Waals surface area contributed by atoms with Gasteiger partial charge >= 0.3 is 0 Å². The first-order valence-corrected chi connectivity index (χ1v) is 6.17. The number of amides is 1. The maximum atomic E-state index is 12.1. The molecular formula is C13H17ClN2O. The van der Waals surface area contributed by atoms with E-state index in [1.165, 1.54) is 0 Å². The van der Waals surface area contributed by atoms with Gasteiger partial charge in [0.1, 0.15) is 0 Å². The van der Waals surface area contributed by atoms with Crippen LogP contribution >= 0.6 is 11.6 Å². The smallest absolute Gasteiger partial charge is 0.253 e. The first-order valence-electron chi connectivity index (χ1n) is 5.80. The Kier molecular flexibility index (Phi) is 3.40. The van der Waals surface area contributed by atoms with Gasteiger partial charge < -0.3 is 10.6 Å². The quantitative estimate of drug-likeness (QED) is 0.847. The lowest BCUT2D eigenvalue weighted by atomic mass is 10.0. The average molecular weight is 253 g/mol. The van der Waals surface area contributed by atoms with Gasteiger partial charge in [0.05, 0.1) is 16.1 Å². The van der Waals surface area contributed by atoms with Crippen LogP contribution < -0.4 is 10.6 Å². The molecule has 3 nitrogen and oxygen atoms in total. The van der Waals surface area contributed by atoms with Gasteiger partial charge in [0, 0.05) is 6.54 Å². The van der Waals surface area contributed by atoms with E-state index >= 15 is 0 Å². The van der Waals surface area contributed by atoms with Crippen LogP contribution in [0.25, 0.3) is 0 Å². The van der Waals surface area contributed by atoms with Gasteiger partial charge in [0.2, 0.25) is 0 Å². The third kappa shape index (κ3) is 2.79. The van der Waals surface area contributed by atoms with Crippen LogP contribution in [0.4, 0.5) is 0 Å². The van der Waals surface area contributed by atoms with Crippen LogP contribution in [0.15, 0.2) is 18.2 Å². The predicted octanol–water partition coefficient (Wildman–Crippen LogP) is 2.13. The van der Waals surface area contributed by atoms with Crippen molar-refractivity contribution in [1.29, 1.82) is 0 Å². The Balaban J connectivity index is 2.14. The highest BCUT2D eigenvalue weighted by atomic mass is 35.5. The van der Waals surface area contributed by atoms with Crippen molar-refractivity contribution < 1.29 is 4.79 Å². The Morgan fingerprint density at radius 2 is 2.29 bits per heavy atom. The topological polar surface area (TPSA) is 41.1 Å². The summed E-state index contributed by atoms with van der Waals surface area (Å²) in [5.41, 5.74) is 1.44. The molecule has 1 aromatic rings. The molecule has 1 unspecified atom stereocenters. The van der Waals surface area contributed by atoms with Crippen molar-refractivity contribution in [3.63, 3.8) is 0 Å². The summed E-state index contributed by atoms with van der Waals surface area (Å²) in [6.07, 6.45) is 0.947. The van der Waals surface area contributed by atoms with Crippen molar-refractivity contribution in [3.8, 4) is 0 Å². The second-order valence-electron chi connectivity index (χ2n) is 4.92. The monoisotopic (exact) mass is 252 g/mol. The van der Waals surface area contributed by atoms with Gasteiger partial charge in [-0.05, 0) is 44.5 Å². The SMILES string of the molecule is Cc1ccc(C(=O)NC2(C)CCNC2)c(Cl)c1. The summed E-state index contributed by atoms with van der Waals surface area (Å²) in [6.45, 7) is 5.75. The van der Waals surface area contributed by atoms with E-state index in [-0.39, 0.29) is 11.4 Å². The van der Waals surface area contributed by atoms with Crippen LogP contribution in [0, 0.1) is 6.92 Å². The van der Waals surface area contributed by atoms with Gasteiger partial charge in [-0.1, -0.05) is 17.7 Å². The molecule has 0 bridgehead atoms. The molecule has 1 heterocycles. The number of benzene rings is 1. The highest BCUT2D eigenvalue weighted by Crippen LogP contribution is 2.20. The molecule has 0 spiro atoms. The molecule has 1 aliphatic heterocycles. The summed E-state index contributed by atoms with van der Waals surface area (Å²) < 4.78 is 0. The molecule has 0 saturated carbocycles. The zero-order valence-corrected chi connectivity index (χ0v) is 10.9. The van der Waals surface area contributed by atoms with E-state index in [4.69, 9.17) is 11.6 Å². The number of hydrogen-bond acceptors (Lipinski definition) is 2. The van der Waals surface area contributed by atoms with Gasteiger partial charge in [0.25, 0.3) is 5.91 Å². The normalized spacial score (nSPS) is 23.7. The van der Waals surface area contributed by atoms with Crippen LogP contribution in [-0.4, -0.2) is 24.5 Å². The first kappa shape index (κ1) is 12.4. The second kappa shape index (κ2) is 4.67. The summed E-state index contributed by atoms with van der Waals surface area (Å²) in [4.78, 5) is 12.1. The summed E-state index contributed by atoms with van der Waals surface area (Å²) in [5.74, 6) is -0.0961. The summed E-state index contributed by atoms with van der Waals surface area (Å²) in [7, 11) is 0. The number of halogens is 1. The Hall–Kier alpha value is -1.06.